The minimum absolute atomic E-state index is 0.0174. The lowest BCUT2D eigenvalue weighted by atomic mass is 9.96. The zero-order chi connectivity index (χ0) is 24.8. The SMILES string of the molecule is CCOc1ccc(C2C(=O)N(C3CCCCCC3)CC(=O)N2Cc2ccc(OC)cc2)cc1OC. The molecule has 1 saturated carbocycles. The van der Waals surface area contributed by atoms with Crippen molar-refractivity contribution in [3.63, 3.8) is 0 Å². The number of benzene rings is 2. The van der Waals surface area contributed by atoms with Gasteiger partial charge in [0.1, 0.15) is 18.3 Å². The van der Waals surface area contributed by atoms with Gasteiger partial charge in [0, 0.05) is 12.6 Å². The van der Waals surface area contributed by atoms with Crippen LogP contribution in [0.3, 0.4) is 0 Å². The second kappa shape index (κ2) is 11.5. The quantitative estimate of drug-likeness (QED) is 0.511. The third-order valence-corrected chi connectivity index (χ3v) is 7.04. The largest absolute Gasteiger partial charge is 0.497 e. The van der Waals surface area contributed by atoms with Crippen molar-refractivity contribution >= 4 is 11.8 Å². The van der Waals surface area contributed by atoms with Crippen molar-refractivity contribution < 1.29 is 23.8 Å². The molecule has 0 N–H and O–H groups in total. The van der Waals surface area contributed by atoms with Gasteiger partial charge in [0.25, 0.3) is 5.91 Å². The molecule has 2 aromatic carbocycles. The van der Waals surface area contributed by atoms with Crippen LogP contribution in [0.1, 0.15) is 62.6 Å². The van der Waals surface area contributed by atoms with E-state index in [2.05, 4.69) is 0 Å². The summed E-state index contributed by atoms with van der Waals surface area (Å²) in [5.74, 6) is 1.87. The standard InChI is InChI=1S/C28H36N2O5/c1-4-35-24-16-13-21(17-25(24)34-3)27-28(32)29(22-9-7-5-6-8-10-22)19-26(31)30(27)18-20-11-14-23(33-2)15-12-20/h11-17,22,27H,4-10,18-19H2,1-3H3. The van der Waals surface area contributed by atoms with Gasteiger partial charge in [-0.05, 0) is 55.2 Å². The molecular formula is C28H36N2O5. The lowest BCUT2D eigenvalue weighted by molar-refractivity contribution is -0.159. The molecule has 7 heteroatoms. The molecule has 4 rings (SSSR count). The predicted octanol–water partition coefficient (Wildman–Crippen LogP) is 4.74. The van der Waals surface area contributed by atoms with E-state index in [9.17, 15) is 9.59 Å². The maximum absolute atomic E-state index is 14.0. The monoisotopic (exact) mass is 480 g/mol. The van der Waals surface area contributed by atoms with Crippen LogP contribution in [0.15, 0.2) is 42.5 Å². The van der Waals surface area contributed by atoms with Gasteiger partial charge in [0.2, 0.25) is 5.91 Å². The number of nitrogens with zero attached hydrogens (tertiary/aromatic N) is 2. The van der Waals surface area contributed by atoms with Crippen LogP contribution in [0.5, 0.6) is 17.2 Å². The van der Waals surface area contributed by atoms with Crippen LogP contribution in [0.25, 0.3) is 0 Å². The van der Waals surface area contributed by atoms with E-state index in [0.29, 0.717) is 24.7 Å². The molecule has 1 unspecified atom stereocenters. The molecule has 0 spiro atoms. The minimum Gasteiger partial charge on any atom is -0.497 e. The van der Waals surface area contributed by atoms with Crippen molar-refractivity contribution in [2.75, 3.05) is 27.4 Å². The smallest absolute Gasteiger partial charge is 0.250 e. The molecule has 2 aromatic rings. The lowest BCUT2D eigenvalue weighted by Gasteiger charge is -2.43. The van der Waals surface area contributed by atoms with Gasteiger partial charge in [-0.2, -0.15) is 0 Å². The molecule has 2 fully saturated rings. The highest BCUT2D eigenvalue weighted by Crippen LogP contribution is 2.37. The van der Waals surface area contributed by atoms with Crippen LogP contribution in [-0.4, -0.2) is 55.0 Å². The summed E-state index contributed by atoms with van der Waals surface area (Å²) in [5, 5.41) is 0. The van der Waals surface area contributed by atoms with E-state index in [1.807, 2.05) is 54.3 Å². The first kappa shape index (κ1) is 24.9. The fourth-order valence-electron chi connectivity index (χ4n) is 5.19. The first-order valence-electron chi connectivity index (χ1n) is 12.6. The molecule has 35 heavy (non-hydrogen) atoms. The maximum Gasteiger partial charge on any atom is 0.250 e. The molecule has 1 aliphatic heterocycles. The third-order valence-electron chi connectivity index (χ3n) is 7.04. The number of ether oxygens (including phenoxy) is 3. The average molecular weight is 481 g/mol. The highest BCUT2D eigenvalue weighted by atomic mass is 16.5. The maximum atomic E-state index is 14.0. The number of hydrogen-bond acceptors (Lipinski definition) is 5. The molecule has 0 radical (unpaired) electrons. The van der Waals surface area contributed by atoms with Crippen molar-refractivity contribution in [2.45, 2.75) is 64.1 Å². The second-order valence-corrected chi connectivity index (χ2v) is 9.23. The summed E-state index contributed by atoms with van der Waals surface area (Å²) >= 11 is 0. The van der Waals surface area contributed by atoms with Crippen molar-refractivity contribution in [2.24, 2.45) is 0 Å². The zero-order valence-electron chi connectivity index (χ0n) is 21.0. The van der Waals surface area contributed by atoms with Gasteiger partial charge in [-0.3, -0.25) is 9.59 Å². The van der Waals surface area contributed by atoms with Crippen LogP contribution in [0.2, 0.25) is 0 Å². The van der Waals surface area contributed by atoms with E-state index < -0.39 is 6.04 Å². The molecule has 1 atom stereocenters. The van der Waals surface area contributed by atoms with Gasteiger partial charge >= 0.3 is 0 Å². The Labute approximate surface area is 207 Å². The predicted molar refractivity (Wildman–Crippen MR) is 134 cm³/mol. The molecule has 7 nitrogen and oxygen atoms in total. The molecule has 188 valence electrons. The molecular weight excluding hydrogens is 444 g/mol. The van der Waals surface area contributed by atoms with Crippen molar-refractivity contribution in [1.82, 2.24) is 9.80 Å². The van der Waals surface area contributed by atoms with Gasteiger partial charge in [-0.25, -0.2) is 0 Å². The van der Waals surface area contributed by atoms with E-state index in [0.717, 1.165) is 42.6 Å². The van der Waals surface area contributed by atoms with Gasteiger partial charge < -0.3 is 24.0 Å². The van der Waals surface area contributed by atoms with E-state index in [4.69, 9.17) is 14.2 Å². The molecule has 2 amide bonds. The molecule has 1 heterocycles. The van der Waals surface area contributed by atoms with Crippen molar-refractivity contribution in [3.8, 4) is 17.2 Å². The Morgan fingerprint density at radius 2 is 1.60 bits per heavy atom. The number of piperazine rings is 1. The van der Waals surface area contributed by atoms with Crippen LogP contribution < -0.4 is 14.2 Å². The Kier molecular flexibility index (Phi) is 8.16. The van der Waals surface area contributed by atoms with Crippen LogP contribution >= 0.6 is 0 Å². The molecule has 0 aromatic heterocycles. The molecule has 2 aliphatic rings. The Hall–Kier alpha value is -3.22. The summed E-state index contributed by atoms with van der Waals surface area (Å²) in [5.41, 5.74) is 1.67. The first-order valence-corrected chi connectivity index (χ1v) is 12.6. The van der Waals surface area contributed by atoms with Crippen LogP contribution in [-0.2, 0) is 16.1 Å². The second-order valence-electron chi connectivity index (χ2n) is 9.23. The topological polar surface area (TPSA) is 68.3 Å². The van der Waals surface area contributed by atoms with Gasteiger partial charge in [-0.1, -0.05) is 43.9 Å². The summed E-state index contributed by atoms with van der Waals surface area (Å²) in [6, 6.07) is 12.5. The molecule has 1 saturated heterocycles. The summed E-state index contributed by atoms with van der Waals surface area (Å²) < 4.78 is 16.5. The number of methoxy groups -OCH3 is 2. The number of amides is 2. The number of hydrogen-bond donors (Lipinski definition) is 0. The van der Waals surface area contributed by atoms with Crippen molar-refractivity contribution in [1.29, 1.82) is 0 Å². The normalized spacial score (nSPS) is 19.5. The Balaban J connectivity index is 1.70. The zero-order valence-corrected chi connectivity index (χ0v) is 21.0. The fraction of sp³-hybridized carbons (Fsp3) is 0.500. The highest BCUT2D eigenvalue weighted by Gasteiger charge is 2.43. The van der Waals surface area contributed by atoms with E-state index in [-0.39, 0.29) is 24.4 Å². The number of carbonyl (C=O) groups is 2. The Bertz CT molecular complexity index is 1010. The third kappa shape index (κ3) is 5.55. The van der Waals surface area contributed by atoms with E-state index in [1.54, 1.807) is 19.1 Å². The lowest BCUT2D eigenvalue weighted by Crippen LogP contribution is -2.57. The average Bonchev–Trinajstić information content (AvgIpc) is 3.17. The summed E-state index contributed by atoms with van der Waals surface area (Å²) in [7, 11) is 3.21. The number of carbonyl (C=O) groups excluding carboxylic acids is 2. The first-order chi connectivity index (χ1) is 17.0. The molecule has 0 bridgehead atoms. The molecule has 1 aliphatic carbocycles. The van der Waals surface area contributed by atoms with E-state index >= 15 is 0 Å². The summed E-state index contributed by atoms with van der Waals surface area (Å²) in [6.45, 7) is 2.89. The van der Waals surface area contributed by atoms with E-state index in [1.165, 1.54) is 12.8 Å². The summed E-state index contributed by atoms with van der Waals surface area (Å²) in [4.78, 5) is 31.1. The Morgan fingerprint density at radius 1 is 0.886 bits per heavy atom. The minimum atomic E-state index is -0.716. The Morgan fingerprint density at radius 3 is 2.23 bits per heavy atom. The number of rotatable bonds is 8. The highest BCUT2D eigenvalue weighted by molar-refractivity contribution is 5.96. The van der Waals surface area contributed by atoms with Crippen LogP contribution in [0, 0.1) is 0 Å². The van der Waals surface area contributed by atoms with Gasteiger partial charge in [0.15, 0.2) is 11.5 Å². The fourth-order valence-corrected chi connectivity index (χ4v) is 5.19. The van der Waals surface area contributed by atoms with Crippen molar-refractivity contribution in [3.05, 3.63) is 53.6 Å². The van der Waals surface area contributed by atoms with Gasteiger partial charge in [0.05, 0.1) is 20.8 Å². The van der Waals surface area contributed by atoms with Crippen LogP contribution in [0.4, 0.5) is 0 Å². The van der Waals surface area contributed by atoms with Gasteiger partial charge in [-0.15, -0.1) is 0 Å². The summed E-state index contributed by atoms with van der Waals surface area (Å²) in [6.07, 6.45) is 6.48.